The number of hydrogen-bond donors (Lipinski definition) is 0. The average molecular weight is 178 g/mol. The van der Waals surface area contributed by atoms with Gasteiger partial charge >= 0.3 is 0 Å². The van der Waals surface area contributed by atoms with Gasteiger partial charge in [-0.3, -0.25) is 0 Å². The van der Waals surface area contributed by atoms with Crippen LogP contribution in [-0.2, 0) is 9.78 Å². The summed E-state index contributed by atoms with van der Waals surface area (Å²) in [4.78, 5) is 9.90. The first-order valence-corrected chi connectivity index (χ1v) is 5.05. The first kappa shape index (κ1) is 9.04. The molecular formula is C10H15BO2. The predicted octanol–water partition coefficient (Wildman–Crippen LogP) is 1.73. The normalized spacial score (nSPS) is 20.2. The van der Waals surface area contributed by atoms with Gasteiger partial charge in [0.25, 0.3) is 0 Å². The maximum Gasteiger partial charge on any atom is 0.185 e. The van der Waals surface area contributed by atoms with Crippen molar-refractivity contribution < 1.29 is 9.78 Å². The van der Waals surface area contributed by atoms with Gasteiger partial charge in [0, 0.05) is 0 Å². The van der Waals surface area contributed by atoms with Gasteiger partial charge in [0.15, 0.2) is 7.28 Å². The molecule has 0 bridgehead atoms. The summed E-state index contributed by atoms with van der Waals surface area (Å²) in [5, 5.41) is 0. The van der Waals surface area contributed by atoms with Gasteiger partial charge in [-0.15, -0.1) is 0 Å². The van der Waals surface area contributed by atoms with Crippen LogP contribution >= 0.6 is 0 Å². The van der Waals surface area contributed by atoms with E-state index in [1.165, 1.54) is 24.7 Å². The largest absolute Gasteiger partial charge is 0.237 e. The Kier molecular flexibility index (Phi) is 2.86. The van der Waals surface area contributed by atoms with Crippen LogP contribution in [0.25, 0.3) is 0 Å². The molecule has 0 saturated carbocycles. The van der Waals surface area contributed by atoms with E-state index in [-0.39, 0.29) is 0 Å². The quantitative estimate of drug-likeness (QED) is 0.282. The molecule has 1 aliphatic carbocycles. The smallest absolute Gasteiger partial charge is 0.185 e. The first-order valence-electron chi connectivity index (χ1n) is 5.05. The summed E-state index contributed by atoms with van der Waals surface area (Å²) in [5.41, 5.74) is 4.57. The summed E-state index contributed by atoms with van der Waals surface area (Å²) < 4.78 is 0. The van der Waals surface area contributed by atoms with Gasteiger partial charge in [-0.25, -0.2) is 9.78 Å². The summed E-state index contributed by atoms with van der Waals surface area (Å²) in [6.45, 7) is 3.20. The van der Waals surface area contributed by atoms with Crippen LogP contribution in [0.5, 0.6) is 0 Å². The topological polar surface area (TPSA) is 18.5 Å². The molecule has 0 aromatic carbocycles. The zero-order chi connectivity index (χ0) is 9.10. The Bertz CT molecular complexity index is 256. The lowest BCUT2D eigenvalue weighted by Crippen LogP contribution is -2.04. The number of hydrogen-bond acceptors (Lipinski definition) is 2. The molecule has 0 atom stereocenters. The average Bonchev–Trinajstić information content (AvgIpc) is 2.64. The second kappa shape index (κ2) is 4.12. The third kappa shape index (κ3) is 2.04. The second-order valence-electron chi connectivity index (χ2n) is 3.63. The van der Waals surface area contributed by atoms with Gasteiger partial charge in [0.2, 0.25) is 0 Å². The van der Waals surface area contributed by atoms with E-state index < -0.39 is 0 Å². The van der Waals surface area contributed by atoms with E-state index in [0.29, 0.717) is 13.2 Å². The van der Waals surface area contributed by atoms with Crippen LogP contribution in [0, 0.1) is 0 Å². The molecule has 70 valence electrons. The summed E-state index contributed by atoms with van der Waals surface area (Å²) in [6, 6.07) is 0. The van der Waals surface area contributed by atoms with Crippen molar-refractivity contribution in [3.63, 3.8) is 0 Å². The molecule has 2 rings (SSSR count). The zero-order valence-electron chi connectivity index (χ0n) is 8.14. The van der Waals surface area contributed by atoms with E-state index in [4.69, 9.17) is 9.78 Å². The van der Waals surface area contributed by atoms with Crippen molar-refractivity contribution in [2.45, 2.75) is 26.2 Å². The van der Waals surface area contributed by atoms with Crippen LogP contribution in [0.2, 0.25) is 0 Å². The molecule has 1 heterocycles. The van der Waals surface area contributed by atoms with Crippen molar-refractivity contribution in [1.82, 2.24) is 0 Å². The van der Waals surface area contributed by atoms with E-state index in [2.05, 4.69) is 6.08 Å². The van der Waals surface area contributed by atoms with Crippen molar-refractivity contribution in [3.8, 4) is 0 Å². The van der Waals surface area contributed by atoms with Crippen LogP contribution in [0.4, 0.5) is 0 Å². The van der Waals surface area contributed by atoms with Crippen molar-refractivity contribution >= 4 is 7.28 Å². The van der Waals surface area contributed by atoms with Crippen LogP contribution in [0.1, 0.15) is 26.2 Å². The fourth-order valence-corrected chi connectivity index (χ4v) is 2.07. The van der Waals surface area contributed by atoms with Gasteiger partial charge in [0.1, 0.15) is 0 Å². The Morgan fingerprint density at radius 3 is 3.08 bits per heavy atom. The minimum absolute atomic E-state index is 0.625. The third-order valence-corrected chi connectivity index (χ3v) is 2.64. The van der Waals surface area contributed by atoms with E-state index in [1.54, 1.807) is 11.0 Å². The van der Waals surface area contributed by atoms with Crippen molar-refractivity contribution in [2.24, 2.45) is 0 Å². The molecule has 0 N–H and O–H groups in total. The minimum atomic E-state index is 0.625. The highest BCUT2D eigenvalue weighted by Crippen LogP contribution is 2.32. The van der Waals surface area contributed by atoms with Crippen LogP contribution in [0.3, 0.4) is 0 Å². The Labute approximate surface area is 79.8 Å². The van der Waals surface area contributed by atoms with E-state index >= 15 is 0 Å². The van der Waals surface area contributed by atoms with Crippen molar-refractivity contribution in [2.75, 3.05) is 13.2 Å². The van der Waals surface area contributed by atoms with Crippen LogP contribution < -0.4 is 0 Å². The van der Waals surface area contributed by atoms with E-state index in [0.717, 1.165) is 7.28 Å². The molecule has 0 amide bonds. The SMILES string of the molecule is CCOOCC1=CC2=C(B1)CCC2. The monoisotopic (exact) mass is 178 g/mol. The summed E-state index contributed by atoms with van der Waals surface area (Å²) in [5.74, 6) is 0. The lowest BCUT2D eigenvalue weighted by atomic mass is 9.65. The maximum atomic E-state index is 5.04. The highest BCUT2D eigenvalue weighted by molar-refractivity contribution is 6.56. The molecule has 13 heavy (non-hydrogen) atoms. The summed E-state index contributed by atoms with van der Waals surface area (Å²) >= 11 is 0. The Hall–Kier alpha value is -0.535. The zero-order valence-corrected chi connectivity index (χ0v) is 8.14. The maximum absolute atomic E-state index is 5.04. The summed E-state index contributed by atoms with van der Waals surface area (Å²) in [6.07, 6.45) is 6.21. The molecule has 0 saturated heterocycles. The lowest BCUT2D eigenvalue weighted by Gasteiger charge is -2.03. The van der Waals surface area contributed by atoms with Gasteiger partial charge in [-0.05, 0) is 26.2 Å². The molecule has 0 fully saturated rings. The molecule has 0 aromatic heterocycles. The van der Waals surface area contributed by atoms with Crippen molar-refractivity contribution in [3.05, 3.63) is 22.6 Å². The second-order valence-corrected chi connectivity index (χ2v) is 3.63. The Morgan fingerprint density at radius 1 is 1.38 bits per heavy atom. The fraction of sp³-hybridized carbons (Fsp3) is 0.600. The number of allylic oxidation sites excluding steroid dienone is 3. The van der Waals surface area contributed by atoms with Gasteiger partial charge in [0.05, 0.1) is 13.2 Å². The highest BCUT2D eigenvalue weighted by atomic mass is 17.2. The molecule has 2 aliphatic rings. The first-order chi connectivity index (χ1) is 6.40. The molecule has 0 unspecified atom stereocenters. The molecule has 2 nitrogen and oxygen atoms in total. The van der Waals surface area contributed by atoms with E-state index in [9.17, 15) is 0 Å². The molecular weight excluding hydrogens is 163 g/mol. The third-order valence-electron chi connectivity index (χ3n) is 2.64. The van der Waals surface area contributed by atoms with Gasteiger partial charge in [-0.1, -0.05) is 22.6 Å². The highest BCUT2D eigenvalue weighted by Gasteiger charge is 2.21. The van der Waals surface area contributed by atoms with Gasteiger partial charge < -0.3 is 0 Å². The number of rotatable bonds is 4. The van der Waals surface area contributed by atoms with Crippen molar-refractivity contribution in [1.29, 1.82) is 0 Å². The molecule has 3 heteroatoms. The lowest BCUT2D eigenvalue weighted by molar-refractivity contribution is -0.283. The Balaban J connectivity index is 1.79. The predicted molar refractivity (Wildman–Crippen MR) is 53.7 cm³/mol. The van der Waals surface area contributed by atoms with Crippen LogP contribution in [0.15, 0.2) is 22.6 Å². The standard InChI is InChI=1S/C10H15BO2/c1-2-12-13-7-9-6-8-4-3-5-10(8)11-9/h6,11H,2-5,7H2,1H3. The summed E-state index contributed by atoms with van der Waals surface area (Å²) in [7, 11) is 1.13. The fourth-order valence-electron chi connectivity index (χ4n) is 2.07. The van der Waals surface area contributed by atoms with Crippen LogP contribution in [-0.4, -0.2) is 20.5 Å². The molecule has 0 radical (unpaired) electrons. The van der Waals surface area contributed by atoms with E-state index in [1.807, 2.05) is 6.92 Å². The Morgan fingerprint density at radius 2 is 2.31 bits per heavy atom. The van der Waals surface area contributed by atoms with Gasteiger partial charge in [-0.2, -0.15) is 0 Å². The molecule has 1 aliphatic heterocycles. The molecule has 0 aromatic rings. The minimum Gasteiger partial charge on any atom is -0.237 e. The molecule has 0 spiro atoms.